The van der Waals surface area contributed by atoms with E-state index >= 15 is 0 Å². The molecule has 8 nitrogen and oxygen atoms in total. The van der Waals surface area contributed by atoms with Crippen LogP contribution >= 0.6 is 0 Å². The molecular formula is C13H12N6O2. The van der Waals surface area contributed by atoms with Gasteiger partial charge in [-0.1, -0.05) is 12.1 Å². The quantitative estimate of drug-likeness (QED) is 0.764. The Labute approximate surface area is 119 Å². The number of carboxylic acids is 1. The summed E-state index contributed by atoms with van der Waals surface area (Å²) in [4.78, 5) is 11.7. The van der Waals surface area contributed by atoms with Crippen LogP contribution < -0.4 is 0 Å². The summed E-state index contributed by atoms with van der Waals surface area (Å²) in [6.45, 7) is 1.67. The van der Waals surface area contributed by atoms with Crippen LogP contribution in [-0.2, 0) is 11.3 Å². The molecule has 3 rings (SSSR count). The molecule has 3 aromatic rings. The molecule has 0 atom stereocenters. The van der Waals surface area contributed by atoms with Gasteiger partial charge in [-0.3, -0.25) is 4.79 Å². The van der Waals surface area contributed by atoms with Crippen molar-refractivity contribution in [2.24, 2.45) is 0 Å². The molecule has 0 aliphatic rings. The molecule has 0 radical (unpaired) electrons. The zero-order valence-corrected chi connectivity index (χ0v) is 11.2. The molecule has 0 saturated heterocycles. The van der Waals surface area contributed by atoms with Crippen LogP contribution in [0.1, 0.15) is 5.56 Å². The topological polar surface area (TPSA) is 98.7 Å². The Hall–Kier alpha value is -3.03. The number of aromatic nitrogens is 6. The number of tetrazole rings is 1. The van der Waals surface area contributed by atoms with Gasteiger partial charge in [-0.05, 0) is 29.8 Å². The predicted molar refractivity (Wildman–Crippen MR) is 72.7 cm³/mol. The van der Waals surface area contributed by atoms with Crippen LogP contribution in [0.25, 0.3) is 17.1 Å². The number of carboxylic acid groups (broad SMARTS) is 1. The lowest BCUT2D eigenvalue weighted by molar-refractivity contribution is -0.138. The second kappa shape index (κ2) is 5.16. The Balaban J connectivity index is 1.98. The molecule has 0 amide bonds. The Morgan fingerprint density at radius 2 is 2.24 bits per heavy atom. The van der Waals surface area contributed by atoms with Gasteiger partial charge in [0.15, 0.2) is 6.54 Å². The molecular weight excluding hydrogens is 272 g/mol. The van der Waals surface area contributed by atoms with Crippen molar-refractivity contribution in [3.05, 3.63) is 42.2 Å². The van der Waals surface area contributed by atoms with Gasteiger partial charge >= 0.3 is 5.97 Å². The van der Waals surface area contributed by atoms with Crippen molar-refractivity contribution >= 4 is 5.97 Å². The molecule has 21 heavy (non-hydrogen) atoms. The number of nitrogens with zero attached hydrogens (tertiary/aromatic N) is 6. The molecule has 2 heterocycles. The van der Waals surface area contributed by atoms with Crippen LogP contribution in [0.2, 0.25) is 0 Å². The number of hydrogen-bond donors (Lipinski definition) is 1. The largest absolute Gasteiger partial charge is 0.480 e. The number of aryl methyl sites for hydroxylation is 1. The lowest BCUT2D eigenvalue weighted by Crippen LogP contribution is -2.11. The summed E-state index contributed by atoms with van der Waals surface area (Å²) in [5, 5.41) is 24.6. The molecule has 2 aromatic heterocycles. The first kappa shape index (κ1) is 13.0. The van der Waals surface area contributed by atoms with Crippen LogP contribution in [0.3, 0.4) is 0 Å². The van der Waals surface area contributed by atoms with E-state index < -0.39 is 5.97 Å². The maximum atomic E-state index is 10.6. The predicted octanol–water partition coefficient (Wildman–Crippen LogP) is 0.919. The zero-order chi connectivity index (χ0) is 14.8. The van der Waals surface area contributed by atoms with Gasteiger partial charge in [0.25, 0.3) is 0 Å². The third kappa shape index (κ3) is 2.64. The summed E-state index contributed by atoms with van der Waals surface area (Å²) in [6.07, 6.45) is 3.55. The number of rotatable bonds is 4. The maximum Gasteiger partial charge on any atom is 0.327 e. The lowest BCUT2D eigenvalue weighted by Gasteiger charge is -2.07. The Bertz CT molecular complexity index is 778. The summed E-state index contributed by atoms with van der Waals surface area (Å²) in [7, 11) is 0. The monoisotopic (exact) mass is 284 g/mol. The van der Waals surface area contributed by atoms with E-state index in [1.165, 1.54) is 0 Å². The fourth-order valence-corrected chi connectivity index (χ4v) is 1.95. The Morgan fingerprint density at radius 1 is 1.38 bits per heavy atom. The smallest absolute Gasteiger partial charge is 0.327 e. The Morgan fingerprint density at radius 3 is 2.95 bits per heavy atom. The van der Waals surface area contributed by atoms with E-state index in [0.717, 1.165) is 21.6 Å². The number of benzene rings is 1. The van der Waals surface area contributed by atoms with Crippen LogP contribution in [0.4, 0.5) is 0 Å². The van der Waals surface area contributed by atoms with Gasteiger partial charge in [-0.15, -0.1) is 10.2 Å². The molecule has 1 N–H and O–H groups in total. The summed E-state index contributed by atoms with van der Waals surface area (Å²) < 4.78 is 1.75. The van der Waals surface area contributed by atoms with E-state index in [1.54, 1.807) is 10.9 Å². The van der Waals surface area contributed by atoms with Crippen LogP contribution in [0, 0.1) is 6.92 Å². The number of carbonyl (C=O) groups is 1. The lowest BCUT2D eigenvalue weighted by atomic mass is 10.1. The van der Waals surface area contributed by atoms with Crippen molar-refractivity contribution in [3.63, 3.8) is 0 Å². The molecule has 0 fully saturated rings. The van der Waals surface area contributed by atoms with E-state index in [0.29, 0.717) is 5.82 Å². The van der Waals surface area contributed by atoms with Gasteiger partial charge < -0.3 is 5.11 Å². The normalized spacial score (nSPS) is 10.7. The van der Waals surface area contributed by atoms with Gasteiger partial charge in [0.1, 0.15) is 0 Å². The highest BCUT2D eigenvalue weighted by Gasteiger charge is 2.10. The molecule has 0 aliphatic heterocycles. The standard InChI is InChI=1S/C13H12N6O2/c1-9-3-4-10(7-11(9)18-6-2-5-14-18)13-15-17-19(16-13)8-12(20)21/h2-7H,8H2,1H3,(H,20,21). The fraction of sp³-hybridized carbons (Fsp3) is 0.154. The second-order valence-electron chi connectivity index (χ2n) is 4.49. The van der Waals surface area contributed by atoms with Crippen molar-refractivity contribution < 1.29 is 9.90 Å². The highest BCUT2D eigenvalue weighted by atomic mass is 16.4. The summed E-state index contributed by atoms with van der Waals surface area (Å²) >= 11 is 0. The summed E-state index contributed by atoms with van der Waals surface area (Å²) in [5.41, 5.74) is 2.72. The molecule has 0 unspecified atom stereocenters. The van der Waals surface area contributed by atoms with Crippen molar-refractivity contribution in [1.82, 2.24) is 30.0 Å². The minimum Gasteiger partial charge on any atom is -0.480 e. The van der Waals surface area contributed by atoms with E-state index in [9.17, 15) is 4.79 Å². The Kier molecular flexibility index (Phi) is 3.19. The first-order chi connectivity index (χ1) is 10.1. The minimum absolute atomic E-state index is 0.315. The van der Waals surface area contributed by atoms with Gasteiger partial charge in [0, 0.05) is 18.0 Å². The van der Waals surface area contributed by atoms with E-state index in [-0.39, 0.29) is 6.54 Å². The van der Waals surface area contributed by atoms with Gasteiger partial charge in [0.2, 0.25) is 5.82 Å². The van der Waals surface area contributed by atoms with Crippen LogP contribution in [0.15, 0.2) is 36.7 Å². The van der Waals surface area contributed by atoms with E-state index in [2.05, 4.69) is 20.5 Å². The first-order valence-electron chi connectivity index (χ1n) is 6.24. The van der Waals surface area contributed by atoms with Gasteiger partial charge in [0.05, 0.1) is 5.69 Å². The summed E-state index contributed by atoms with van der Waals surface area (Å²) in [6, 6.07) is 7.53. The maximum absolute atomic E-state index is 10.6. The van der Waals surface area contributed by atoms with Crippen LogP contribution in [0.5, 0.6) is 0 Å². The third-order valence-electron chi connectivity index (χ3n) is 2.95. The van der Waals surface area contributed by atoms with Gasteiger partial charge in [-0.2, -0.15) is 9.90 Å². The molecule has 106 valence electrons. The molecule has 0 aliphatic carbocycles. The van der Waals surface area contributed by atoms with E-state index in [4.69, 9.17) is 5.11 Å². The highest BCUT2D eigenvalue weighted by molar-refractivity contribution is 5.66. The zero-order valence-electron chi connectivity index (χ0n) is 11.2. The van der Waals surface area contributed by atoms with Crippen molar-refractivity contribution in [2.45, 2.75) is 13.5 Å². The molecule has 0 saturated carbocycles. The number of hydrogen-bond acceptors (Lipinski definition) is 5. The SMILES string of the molecule is Cc1ccc(-c2nnn(CC(=O)O)n2)cc1-n1cccn1. The van der Waals surface area contributed by atoms with Crippen molar-refractivity contribution in [3.8, 4) is 17.1 Å². The second-order valence-corrected chi connectivity index (χ2v) is 4.49. The molecule has 1 aromatic carbocycles. The van der Waals surface area contributed by atoms with Crippen LogP contribution in [-0.4, -0.2) is 41.1 Å². The molecule has 0 bridgehead atoms. The van der Waals surface area contributed by atoms with Gasteiger partial charge in [-0.25, -0.2) is 4.68 Å². The van der Waals surface area contributed by atoms with Crippen molar-refractivity contribution in [1.29, 1.82) is 0 Å². The average molecular weight is 284 g/mol. The average Bonchev–Trinajstić information content (AvgIpc) is 3.10. The molecule has 8 heteroatoms. The fourth-order valence-electron chi connectivity index (χ4n) is 1.95. The minimum atomic E-state index is -1.01. The van der Waals surface area contributed by atoms with E-state index in [1.807, 2.05) is 37.4 Å². The molecule has 0 spiro atoms. The third-order valence-corrected chi connectivity index (χ3v) is 2.95. The number of aliphatic carboxylic acids is 1. The summed E-state index contributed by atoms with van der Waals surface area (Å²) in [5.74, 6) is -0.634. The first-order valence-corrected chi connectivity index (χ1v) is 6.24. The highest BCUT2D eigenvalue weighted by Crippen LogP contribution is 2.21. The van der Waals surface area contributed by atoms with Crippen molar-refractivity contribution in [2.75, 3.05) is 0 Å².